The standard InChI is InChI=1S/C16H20N4O3/c1-20(2)15-7-5-12(10-17-15)19-16(22)18-9-11-4-6-14(23-3)13(21)8-11/h4-8,10,21H,9H2,1-3H3,(H2,18,19,22). The third kappa shape index (κ3) is 4.50. The van der Waals surface area contributed by atoms with Crippen molar-refractivity contribution in [2.45, 2.75) is 6.54 Å². The average molecular weight is 316 g/mol. The Labute approximate surface area is 134 Å². The van der Waals surface area contributed by atoms with Crippen LogP contribution < -0.4 is 20.3 Å². The quantitative estimate of drug-likeness (QED) is 0.787. The third-order valence-corrected chi connectivity index (χ3v) is 3.16. The minimum Gasteiger partial charge on any atom is -0.504 e. The van der Waals surface area contributed by atoms with Gasteiger partial charge in [-0.25, -0.2) is 9.78 Å². The van der Waals surface area contributed by atoms with Gasteiger partial charge in [-0.05, 0) is 29.8 Å². The van der Waals surface area contributed by atoms with Crippen LogP contribution in [0.25, 0.3) is 0 Å². The number of benzene rings is 1. The van der Waals surface area contributed by atoms with E-state index in [4.69, 9.17) is 4.74 Å². The zero-order chi connectivity index (χ0) is 16.8. The first-order chi connectivity index (χ1) is 11.0. The lowest BCUT2D eigenvalue weighted by Crippen LogP contribution is -2.28. The van der Waals surface area contributed by atoms with Crippen molar-refractivity contribution in [2.75, 3.05) is 31.4 Å². The number of carbonyl (C=O) groups excluding carboxylic acids is 1. The molecule has 0 aliphatic rings. The number of aromatic hydroxyl groups is 1. The Morgan fingerprint density at radius 3 is 2.65 bits per heavy atom. The van der Waals surface area contributed by atoms with Crippen molar-refractivity contribution in [2.24, 2.45) is 0 Å². The zero-order valence-corrected chi connectivity index (χ0v) is 13.3. The van der Waals surface area contributed by atoms with E-state index in [0.29, 0.717) is 11.4 Å². The van der Waals surface area contributed by atoms with Gasteiger partial charge in [-0.2, -0.15) is 0 Å². The Hall–Kier alpha value is -2.96. The predicted octanol–water partition coefficient (Wildman–Crippen LogP) is 2.18. The summed E-state index contributed by atoms with van der Waals surface area (Å²) in [5.74, 6) is 1.24. The molecule has 2 aromatic rings. The van der Waals surface area contributed by atoms with Gasteiger partial charge in [0.1, 0.15) is 5.82 Å². The number of carbonyl (C=O) groups is 1. The van der Waals surface area contributed by atoms with Crippen LogP contribution in [0.4, 0.5) is 16.3 Å². The number of anilines is 2. The molecule has 1 heterocycles. The summed E-state index contributed by atoms with van der Waals surface area (Å²) >= 11 is 0. The van der Waals surface area contributed by atoms with E-state index in [-0.39, 0.29) is 18.3 Å². The van der Waals surface area contributed by atoms with Gasteiger partial charge in [-0.15, -0.1) is 0 Å². The first-order valence-electron chi connectivity index (χ1n) is 7.03. The number of aromatic nitrogens is 1. The highest BCUT2D eigenvalue weighted by molar-refractivity contribution is 5.89. The van der Waals surface area contributed by atoms with Crippen LogP contribution in [0.1, 0.15) is 5.56 Å². The average Bonchev–Trinajstić information content (AvgIpc) is 2.53. The first-order valence-corrected chi connectivity index (χ1v) is 7.03. The molecule has 23 heavy (non-hydrogen) atoms. The van der Waals surface area contributed by atoms with E-state index in [1.165, 1.54) is 7.11 Å². The van der Waals surface area contributed by atoms with E-state index in [9.17, 15) is 9.90 Å². The predicted molar refractivity (Wildman–Crippen MR) is 89.1 cm³/mol. The molecule has 0 atom stereocenters. The fraction of sp³-hybridized carbons (Fsp3) is 0.250. The molecule has 0 unspecified atom stereocenters. The van der Waals surface area contributed by atoms with Gasteiger partial charge in [0, 0.05) is 20.6 Å². The van der Waals surface area contributed by atoms with Crippen molar-refractivity contribution < 1.29 is 14.6 Å². The molecule has 0 saturated carbocycles. The van der Waals surface area contributed by atoms with E-state index in [0.717, 1.165) is 11.4 Å². The van der Waals surface area contributed by atoms with Crippen LogP contribution in [0.5, 0.6) is 11.5 Å². The second kappa shape index (κ2) is 7.35. The van der Waals surface area contributed by atoms with Crippen molar-refractivity contribution in [3.8, 4) is 11.5 Å². The summed E-state index contributed by atoms with van der Waals surface area (Å²) < 4.78 is 4.97. The highest BCUT2D eigenvalue weighted by Crippen LogP contribution is 2.26. The first kappa shape index (κ1) is 16.4. The minimum absolute atomic E-state index is 0.0377. The molecule has 7 nitrogen and oxygen atoms in total. The maximum atomic E-state index is 11.9. The summed E-state index contributed by atoms with van der Waals surface area (Å²) in [5, 5.41) is 15.1. The monoisotopic (exact) mass is 316 g/mol. The number of nitrogens with one attached hydrogen (secondary N) is 2. The molecule has 7 heteroatoms. The topological polar surface area (TPSA) is 86.7 Å². The second-order valence-electron chi connectivity index (χ2n) is 5.11. The summed E-state index contributed by atoms with van der Waals surface area (Å²) in [4.78, 5) is 18.0. The smallest absolute Gasteiger partial charge is 0.319 e. The molecule has 0 saturated heterocycles. The van der Waals surface area contributed by atoms with Crippen LogP contribution in [0.15, 0.2) is 36.5 Å². The molecule has 0 radical (unpaired) electrons. The van der Waals surface area contributed by atoms with Crippen LogP contribution in [-0.2, 0) is 6.54 Å². The largest absolute Gasteiger partial charge is 0.504 e. The molecule has 0 aliphatic heterocycles. The van der Waals surface area contributed by atoms with Gasteiger partial charge in [-0.3, -0.25) is 0 Å². The molecule has 0 fully saturated rings. The number of methoxy groups -OCH3 is 1. The van der Waals surface area contributed by atoms with Crippen molar-refractivity contribution in [1.82, 2.24) is 10.3 Å². The van der Waals surface area contributed by atoms with Gasteiger partial charge in [0.05, 0.1) is 19.0 Å². The summed E-state index contributed by atoms with van der Waals surface area (Å²) in [6, 6.07) is 8.21. The van der Waals surface area contributed by atoms with Crippen molar-refractivity contribution >= 4 is 17.5 Å². The van der Waals surface area contributed by atoms with Gasteiger partial charge in [0.2, 0.25) is 0 Å². The Kier molecular flexibility index (Phi) is 5.24. The maximum absolute atomic E-state index is 11.9. The number of phenolic OH excluding ortho intramolecular Hbond substituents is 1. The summed E-state index contributed by atoms with van der Waals surface area (Å²) in [6.45, 7) is 0.284. The highest BCUT2D eigenvalue weighted by atomic mass is 16.5. The molecule has 122 valence electrons. The number of urea groups is 1. The lowest BCUT2D eigenvalue weighted by Gasteiger charge is -2.12. The molecule has 2 amide bonds. The zero-order valence-electron chi connectivity index (χ0n) is 13.3. The molecule has 2 rings (SSSR count). The summed E-state index contributed by atoms with van der Waals surface area (Å²) in [7, 11) is 5.27. The summed E-state index contributed by atoms with van der Waals surface area (Å²) in [5.41, 5.74) is 1.37. The van der Waals surface area contributed by atoms with Crippen LogP contribution in [0, 0.1) is 0 Å². The molecule has 0 bridgehead atoms. The van der Waals surface area contributed by atoms with Gasteiger partial charge < -0.3 is 25.4 Å². The molecule has 0 spiro atoms. The molecular formula is C16H20N4O3. The fourth-order valence-electron chi connectivity index (χ4n) is 1.93. The Bertz CT molecular complexity index is 672. The molecule has 0 aliphatic carbocycles. The molecular weight excluding hydrogens is 296 g/mol. The number of rotatable bonds is 5. The van der Waals surface area contributed by atoms with Crippen LogP contribution in [0.2, 0.25) is 0 Å². The number of ether oxygens (including phenoxy) is 1. The van der Waals surface area contributed by atoms with E-state index in [1.807, 2.05) is 25.1 Å². The van der Waals surface area contributed by atoms with E-state index < -0.39 is 0 Å². The second-order valence-corrected chi connectivity index (χ2v) is 5.11. The van der Waals surface area contributed by atoms with Crippen LogP contribution in [-0.4, -0.2) is 37.3 Å². The van der Waals surface area contributed by atoms with Crippen LogP contribution >= 0.6 is 0 Å². The number of nitrogens with zero attached hydrogens (tertiary/aromatic N) is 2. The fourth-order valence-corrected chi connectivity index (χ4v) is 1.93. The number of phenols is 1. The van der Waals surface area contributed by atoms with E-state index >= 15 is 0 Å². The molecule has 1 aromatic heterocycles. The SMILES string of the molecule is COc1ccc(CNC(=O)Nc2ccc(N(C)C)nc2)cc1O. The number of hydrogen-bond acceptors (Lipinski definition) is 5. The van der Waals surface area contributed by atoms with Crippen molar-refractivity contribution in [1.29, 1.82) is 0 Å². The number of pyridine rings is 1. The van der Waals surface area contributed by atoms with Crippen molar-refractivity contribution in [3.63, 3.8) is 0 Å². The molecule has 3 N–H and O–H groups in total. The highest BCUT2D eigenvalue weighted by Gasteiger charge is 2.06. The summed E-state index contributed by atoms with van der Waals surface area (Å²) in [6.07, 6.45) is 1.59. The number of amides is 2. The minimum atomic E-state index is -0.347. The lowest BCUT2D eigenvalue weighted by molar-refractivity contribution is 0.251. The Morgan fingerprint density at radius 1 is 1.30 bits per heavy atom. The lowest BCUT2D eigenvalue weighted by atomic mass is 10.2. The van der Waals surface area contributed by atoms with E-state index in [1.54, 1.807) is 30.5 Å². The van der Waals surface area contributed by atoms with E-state index in [2.05, 4.69) is 15.6 Å². The number of hydrogen-bond donors (Lipinski definition) is 3. The maximum Gasteiger partial charge on any atom is 0.319 e. The van der Waals surface area contributed by atoms with Crippen molar-refractivity contribution in [3.05, 3.63) is 42.1 Å². The Morgan fingerprint density at radius 2 is 2.09 bits per heavy atom. The normalized spacial score (nSPS) is 10.0. The van der Waals surface area contributed by atoms with Gasteiger partial charge in [0.25, 0.3) is 0 Å². The van der Waals surface area contributed by atoms with Gasteiger partial charge in [-0.1, -0.05) is 6.07 Å². The van der Waals surface area contributed by atoms with Crippen LogP contribution in [0.3, 0.4) is 0 Å². The van der Waals surface area contributed by atoms with Gasteiger partial charge in [0.15, 0.2) is 11.5 Å². The molecule has 1 aromatic carbocycles. The Balaban J connectivity index is 1.88. The third-order valence-electron chi connectivity index (χ3n) is 3.16. The van der Waals surface area contributed by atoms with Gasteiger partial charge >= 0.3 is 6.03 Å².